The van der Waals surface area contributed by atoms with Gasteiger partial charge in [0.2, 0.25) is 5.95 Å². The van der Waals surface area contributed by atoms with E-state index in [1.807, 2.05) is 0 Å². The van der Waals surface area contributed by atoms with Crippen molar-refractivity contribution in [2.24, 2.45) is 0 Å². The van der Waals surface area contributed by atoms with Crippen molar-refractivity contribution in [3.63, 3.8) is 0 Å². The van der Waals surface area contributed by atoms with Gasteiger partial charge in [-0.2, -0.15) is 13.2 Å². The molecule has 6 nitrogen and oxygen atoms in total. The topological polar surface area (TPSA) is 58.0 Å². The van der Waals surface area contributed by atoms with Gasteiger partial charge in [-0.3, -0.25) is 0 Å². The third-order valence-corrected chi connectivity index (χ3v) is 4.75. The van der Waals surface area contributed by atoms with E-state index in [9.17, 15) is 17.6 Å². The fourth-order valence-electron chi connectivity index (χ4n) is 3.08. The number of rotatable bonds is 3. The van der Waals surface area contributed by atoms with E-state index in [1.54, 1.807) is 16.7 Å². The monoisotopic (exact) mass is 382 g/mol. The van der Waals surface area contributed by atoms with Crippen molar-refractivity contribution in [3.05, 3.63) is 35.3 Å². The summed E-state index contributed by atoms with van der Waals surface area (Å²) < 4.78 is 53.0. The zero-order chi connectivity index (χ0) is 19.2. The maximum Gasteiger partial charge on any atom is 0.433 e. The molecule has 2 fully saturated rings. The number of nitrogens with zero attached hydrogens (tertiary/aromatic N) is 6. The van der Waals surface area contributed by atoms with Crippen molar-refractivity contribution in [1.82, 2.24) is 19.9 Å². The van der Waals surface area contributed by atoms with Gasteiger partial charge in [0.1, 0.15) is 11.5 Å². The van der Waals surface area contributed by atoms with E-state index in [2.05, 4.69) is 19.9 Å². The molecule has 4 rings (SSSR count). The van der Waals surface area contributed by atoms with Crippen LogP contribution in [0.4, 0.5) is 29.3 Å². The molecule has 2 aromatic heterocycles. The SMILES string of the molecule is Cc1nc(C2CC2)nc(N2CCN(c3nccc(C(F)(F)F)n3)CC2)c1F. The highest BCUT2D eigenvalue weighted by atomic mass is 19.4. The lowest BCUT2D eigenvalue weighted by molar-refractivity contribution is -0.141. The minimum absolute atomic E-state index is 0.0301. The Morgan fingerprint density at radius 2 is 1.67 bits per heavy atom. The molecular formula is C17H18F4N6. The Kier molecular flexibility index (Phi) is 4.35. The van der Waals surface area contributed by atoms with Crippen LogP contribution in [0.1, 0.15) is 36.0 Å². The molecule has 1 aliphatic carbocycles. The summed E-state index contributed by atoms with van der Waals surface area (Å²) in [5.41, 5.74) is -0.646. The number of alkyl halides is 3. The molecule has 1 saturated carbocycles. The molecule has 0 bridgehead atoms. The number of hydrogen-bond donors (Lipinski definition) is 0. The van der Waals surface area contributed by atoms with E-state index in [1.165, 1.54) is 0 Å². The lowest BCUT2D eigenvalue weighted by atomic mass is 10.2. The normalized spacial score (nSPS) is 18.1. The molecule has 1 aliphatic heterocycles. The summed E-state index contributed by atoms with van der Waals surface area (Å²) in [6.45, 7) is 3.21. The zero-order valence-electron chi connectivity index (χ0n) is 14.7. The number of aromatic nitrogens is 4. The molecule has 10 heteroatoms. The minimum Gasteiger partial charge on any atom is -0.351 e. The predicted octanol–water partition coefficient (Wildman–Crippen LogP) is 2.94. The first kappa shape index (κ1) is 17.9. The van der Waals surface area contributed by atoms with Crippen LogP contribution in [0.2, 0.25) is 0 Å². The third-order valence-electron chi connectivity index (χ3n) is 4.75. The quantitative estimate of drug-likeness (QED) is 0.761. The molecule has 1 saturated heterocycles. The van der Waals surface area contributed by atoms with Crippen LogP contribution in [-0.2, 0) is 6.18 Å². The van der Waals surface area contributed by atoms with Gasteiger partial charge in [-0.15, -0.1) is 0 Å². The Balaban J connectivity index is 1.50. The van der Waals surface area contributed by atoms with Crippen LogP contribution in [0.3, 0.4) is 0 Å². The second kappa shape index (κ2) is 6.58. The Morgan fingerprint density at radius 1 is 1.00 bits per heavy atom. The minimum atomic E-state index is -4.51. The molecular weight excluding hydrogens is 364 g/mol. The lowest BCUT2D eigenvalue weighted by Gasteiger charge is -2.35. The summed E-state index contributed by atoms with van der Waals surface area (Å²) in [5, 5.41) is 0. The van der Waals surface area contributed by atoms with Crippen molar-refractivity contribution in [3.8, 4) is 0 Å². The molecule has 27 heavy (non-hydrogen) atoms. The van der Waals surface area contributed by atoms with E-state index in [-0.39, 0.29) is 11.8 Å². The molecule has 0 radical (unpaired) electrons. The van der Waals surface area contributed by atoms with Crippen LogP contribution in [0.15, 0.2) is 12.3 Å². The van der Waals surface area contributed by atoms with Gasteiger partial charge in [0.25, 0.3) is 0 Å². The fraction of sp³-hybridized carbons (Fsp3) is 0.529. The van der Waals surface area contributed by atoms with E-state index in [0.29, 0.717) is 43.6 Å². The second-order valence-corrected chi connectivity index (χ2v) is 6.79. The highest BCUT2D eigenvalue weighted by Crippen LogP contribution is 2.39. The van der Waals surface area contributed by atoms with Crippen molar-refractivity contribution in [2.75, 3.05) is 36.0 Å². The van der Waals surface area contributed by atoms with Crippen LogP contribution < -0.4 is 9.80 Å². The number of aryl methyl sites for hydroxylation is 1. The standard InChI is InChI=1S/C17H18F4N6/c1-10-13(18)15(25-14(23-10)11-2-3-11)26-6-8-27(9-7-26)16-22-5-4-12(24-16)17(19,20)21/h4-5,11H,2-3,6-9H2,1H3. The molecule has 0 aromatic carbocycles. The van der Waals surface area contributed by atoms with Crippen LogP contribution in [-0.4, -0.2) is 46.1 Å². The number of halogens is 4. The maximum atomic E-state index is 14.5. The first-order valence-electron chi connectivity index (χ1n) is 8.77. The Morgan fingerprint density at radius 3 is 2.30 bits per heavy atom. The molecule has 3 heterocycles. The summed E-state index contributed by atoms with van der Waals surface area (Å²) in [5.74, 6) is 0.843. The van der Waals surface area contributed by atoms with Gasteiger partial charge < -0.3 is 9.80 Å². The smallest absolute Gasteiger partial charge is 0.351 e. The van der Waals surface area contributed by atoms with Crippen molar-refractivity contribution < 1.29 is 17.6 Å². The van der Waals surface area contributed by atoms with Crippen LogP contribution in [0.5, 0.6) is 0 Å². The number of piperazine rings is 1. The van der Waals surface area contributed by atoms with E-state index >= 15 is 0 Å². The second-order valence-electron chi connectivity index (χ2n) is 6.79. The van der Waals surface area contributed by atoms with Gasteiger partial charge in [0.15, 0.2) is 11.6 Å². The number of hydrogen-bond acceptors (Lipinski definition) is 6. The van der Waals surface area contributed by atoms with Gasteiger partial charge >= 0.3 is 6.18 Å². The van der Waals surface area contributed by atoms with Crippen molar-refractivity contribution >= 4 is 11.8 Å². The van der Waals surface area contributed by atoms with E-state index < -0.39 is 17.7 Å². The molecule has 0 amide bonds. The summed E-state index contributed by atoms with van der Waals surface area (Å²) in [6.07, 6.45) is -1.37. The summed E-state index contributed by atoms with van der Waals surface area (Å²) in [7, 11) is 0. The molecule has 0 unspecified atom stereocenters. The fourth-order valence-corrected chi connectivity index (χ4v) is 3.08. The van der Waals surface area contributed by atoms with Crippen LogP contribution in [0, 0.1) is 12.7 Å². The van der Waals surface area contributed by atoms with E-state index in [0.717, 1.165) is 25.1 Å². The summed E-state index contributed by atoms with van der Waals surface area (Å²) in [6, 6.07) is 0.845. The molecule has 0 spiro atoms. The first-order chi connectivity index (χ1) is 12.8. The Labute approximate surface area is 153 Å². The van der Waals surface area contributed by atoms with Gasteiger partial charge in [-0.05, 0) is 25.8 Å². The molecule has 0 N–H and O–H groups in total. The van der Waals surface area contributed by atoms with Crippen molar-refractivity contribution in [1.29, 1.82) is 0 Å². The summed E-state index contributed by atoms with van der Waals surface area (Å²) >= 11 is 0. The maximum absolute atomic E-state index is 14.5. The molecule has 144 valence electrons. The summed E-state index contributed by atoms with van der Waals surface area (Å²) in [4.78, 5) is 19.7. The Hall–Kier alpha value is -2.52. The van der Waals surface area contributed by atoms with Crippen LogP contribution >= 0.6 is 0 Å². The van der Waals surface area contributed by atoms with Gasteiger partial charge in [-0.1, -0.05) is 0 Å². The average molecular weight is 382 g/mol. The van der Waals surface area contributed by atoms with Gasteiger partial charge in [0, 0.05) is 38.3 Å². The lowest BCUT2D eigenvalue weighted by Crippen LogP contribution is -2.48. The van der Waals surface area contributed by atoms with E-state index in [4.69, 9.17) is 0 Å². The largest absolute Gasteiger partial charge is 0.433 e. The highest BCUT2D eigenvalue weighted by molar-refractivity contribution is 5.45. The number of anilines is 2. The zero-order valence-corrected chi connectivity index (χ0v) is 14.7. The average Bonchev–Trinajstić information content (AvgIpc) is 3.49. The molecule has 0 atom stereocenters. The Bertz CT molecular complexity index is 844. The van der Waals surface area contributed by atoms with Crippen molar-refractivity contribution in [2.45, 2.75) is 31.9 Å². The molecule has 2 aliphatic rings. The third kappa shape index (κ3) is 3.65. The first-order valence-corrected chi connectivity index (χ1v) is 8.77. The van der Waals surface area contributed by atoms with Crippen LogP contribution in [0.25, 0.3) is 0 Å². The highest BCUT2D eigenvalue weighted by Gasteiger charge is 2.34. The molecule has 2 aromatic rings. The van der Waals surface area contributed by atoms with Gasteiger partial charge in [-0.25, -0.2) is 24.3 Å². The predicted molar refractivity (Wildman–Crippen MR) is 90.2 cm³/mol. The van der Waals surface area contributed by atoms with Gasteiger partial charge in [0.05, 0.1) is 5.69 Å².